The van der Waals surface area contributed by atoms with Crippen molar-refractivity contribution in [3.8, 4) is 0 Å². The van der Waals surface area contributed by atoms with Crippen molar-refractivity contribution in [1.29, 1.82) is 0 Å². The lowest BCUT2D eigenvalue weighted by molar-refractivity contribution is 0.283. The van der Waals surface area contributed by atoms with Gasteiger partial charge in [0, 0.05) is 6.61 Å². The summed E-state index contributed by atoms with van der Waals surface area (Å²) in [6.45, 7) is 4.45. The summed E-state index contributed by atoms with van der Waals surface area (Å²) in [6, 6.07) is 5.60. The van der Waals surface area contributed by atoms with E-state index in [0.717, 1.165) is 43.2 Å². The van der Waals surface area contributed by atoms with Crippen molar-refractivity contribution in [2.24, 2.45) is 5.92 Å². The first-order valence-corrected chi connectivity index (χ1v) is 6.51. The van der Waals surface area contributed by atoms with E-state index in [9.17, 15) is 4.39 Å². The van der Waals surface area contributed by atoms with Crippen molar-refractivity contribution >= 4 is 0 Å². The van der Waals surface area contributed by atoms with Crippen LogP contribution in [0, 0.1) is 11.7 Å². The van der Waals surface area contributed by atoms with Gasteiger partial charge < -0.3 is 5.11 Å². The van der Waals surface area contributed by atoms with E-state index in [0.29, 0.717) is 5.92 Å². The molecule has 1 nitrogen and oxygen atoms in total. The second-order valence-electron chi connectivity index (χ2n) is 5.06. The van der Waals surface area contributed by atoms with Crippen molar-refractivity contribution in [2.45, 2.75) is 46.0 Å². The lowest BCUT2D eigenvalue weighted by atomic mass is 9.99. The van der Waals surface area contributed by atoms with Crippen LogP contribution in [-0.4, -0.2) is 11.7 Å². The molecule has 0 saturated carbocycles. The fraction of sp³-hybridized carbons (Fsp3) is 0.600. The van der Waals surface area contributed by atoms with Crippen LogP contribution in [0.3, 0.4) is 0 Å². The highest BCUT2D eigenvalue weighted by Gasteiger charge is 2.05. The monoisotopic (exact) mass is 238 g/mol. The summed E-state index contributed by atoms with van der Waals surface area (Å²) in [5.74, 6) is 0.415. The van der Waals surface area contributed by atoms with Gasteiger partial charge in [-0.25, -0.2) is 4.39 Å². The molecule has 0 radical (unpaired) electrons. The molecule has 0 amide bonds. The van der Waals surface area contributed by atoms with E-state index >= 15 is 0 Å². The average molecular weight is 238 g/mol. The van der Waals surface area contributed by atoms with Gasteiger partial charge in [-0.2, -0.15) is 0 Å². The minimum atomic E-state index is -0.0710. The molecule has 1 rings (SSSR count). The Morgan fingerprint density at radius 3 is 2.53 bits per heavy atom. The number of hydrogen-bond donors (Lipinski definition) is 1. The highest BCUT2D eigenvalue weighted by Crippen LogP contribution is 2.16. The molecule has 0 spiro atoms. The fourth-order valence-corrected chi connectivity index (χ4v) is 1.97. The van der Waals surface area contributed by atoms with Gasteiger partial charge in [0.1, 0.15) is 5.82 Å². The number of aliphatic hydroxyl groups is 1. The Hall–Kier alpha value is -0.890. The van der Waals surface area contributed by atoms with E-state index < -0.39 is 0 Å². The lowest BCUT2D eigenvalue weighted by Crippen LogP contribution is -1.99. The maximum atomic E-state index is 13.7. The summed E-state index contributed by atoms with van der Waals surface area (Å²) in [5.41, 5.74) is 1.88. The molecule has 1 aromatic carbocycles. The van der Waals surface area contributed by atoms with E-state index in [4.69, 9.17) is 5.11 Å². The molecule has 0 fully saturated rings. The van der Waals surface area contributed by atoms with E-state index in [-0.39, 0.29) is 12.4 Å². The maximum Gasteiger partial charge on any atom is 0.126 e. The Morgan fingerprint density at radius 1 is 1.18 bits per heavy atom. The Kier molecular flexibility index (Phi) is 6.20. The molecule has 0 bridgehead atoms. The predicted octanol–water partition coefficient (Wildman–Crippen LogP) is 3.73. The van der Waals surface area contributed by atoms with Gasteiger partial charge in [0.25, 0.3) is 0 Å². The molecular weight excluding hydrogens is 215 g/mol. The zero-order valence-corrected chi connectivity index (χ0v) is 10.9. The molecule has 0 heterocycles. The summed E-state index contributed by atoms with van der Waals surface area (Å²) in [5, 5.41) is 8.67. The van der Waals surface area contributed by atoms with Crippen molar-refractivity contribution in [3.05, 3.63) is 35.1 Å². The largest absolute Gasteiger partial charge is 0.396 e. The van der Waals surface area contributed by atoms with Crippen molar-refractivity contribution in [2.75, 3.05) is 6.61 Å². The quantitative estimate of drug-likeness (QED) is 0.718. The Labute approximate surface area is 104 Å². The zero-order valence-electron chi connectivity index (χ0n) is 10.9. The molecule has 1 aromatic rings. The predicted molar refractivity (Wildman–Crippen MR) is 69.6 cm³/mol. The molecular formula is C15H23FO. The van der Waals surface area contributed by atoms with Crippen LogP contribution in [0.1, 0.15) is 44.2 Å². The topological polar surface area (TPSA) is 20.2 Å². The van der Waals surface area contributed by atoms with Crippen LogP contribution in [0.5, 0.6) is 0 Å². The van der Waals surface area contributed by atoms with Crippen LogP contribution in [-0.2, 0) is 12.8 Å². The van der Waals surface area contributed by atoms with E-state index in [1.165, 1.54) is 0 Å². The van der Waals surface area contributed by atoms with Crippen LogP contribution in [0.25, 0.3) is 0 Å². The number of rotatable bonds is 7. The van der Waals surface area contributed by atoms with Gasteiger partial charge in [-0.3, -0.25) is 0 Å². The van der Waals surface area contributed by atoms with Gasteiger partial charge in [-0.05, 0) is 48.8 Å². The molecule has 2 heteroatoms. The molecule has 0 aliphatic rings. The van der Waals surface area contributed by atoms with E-state index in [2.05, 4.69) is 13.8 Å². The summed E-state index contributed by atoms with van der Waals surface area (Å²) < 4.78 is 13.7. The van der Waals surface area contributed by atoms with Crippen LogP contribution < -0.4 is 0 Å². The van der Waals surface area contributed by atoms with Gasteiger partial charge >= 0.3 is 0 Å². The van der Waals surface area contributed by atoms with Gasteiger partial charge in [0.15, 0.2) is 0 Å². The Bertz CT molecular complexity index is 334. The lowest BCUT2D eigenvalue weighted by Gasteiger charge is -2.08. The van der Waals surface area contributed by atoms with Crippen molar-refractivity contribution < 1.29 is 9.50 Å². The maximum absolute atomic E-state index is 13.7. The highest BCUT2D eigenvalue weighted by molar-refractivity contribution is 5.24. The van der Waals surface area contributed by atoms with Gasteiger partial charge in [0.2, 0.25) is 0 Å². The third kappa shape index (κ3) is 5.31. The number of aryl methyl sites for hydroxylation is 1. The second-order valence-corrected chi connectivity index (χ2v) is 5.06. The highest BCUT2D eigenvalue weighted by atomic mass is 19.1. The average Bonchev–Trinajstić information content (AvgIpc) is 2.27. The molecule has 0 aliphatic carbocycles. The second kappa shape index (κ2) is 7.44. The Balaban J connectivity index is 2.50. The number of halogens is 1. The van der Waals surface area contributed by atoms with E-state index in [1.54, 1.807) is 6.07 Å². The molecule has 0 unspecified atom stereocenters. The zero-order chi connectivity index (χ0) is 12.7. The number of benzene rings is 1. The molecule has 1 N–H and O–H groups in total. The fourth-order valence-electron chi connectivity index (χ4n) is 1.97. The van der Waals surface area contributed by atoms with Crippen LogP contribution in [0.15, 0.2) is 18.2 Å². The SMILES string of the molecule is CC(C)Cc1ccc(CCCCCO)cc1F. The van der Waals surface area contributed by atoms with Gasteiger partial charge in [-0.1, -0.05) is 32.4 Å². The molecule has 0 aromatic heterocycles. The van der Waals surface area contributed by atoms with E-state index in [1.807, 2.05) is 12.1 Å². The first-order valence-electron chi connectivity index (χ1n) is 6.51. The normalized spacial score (nSPS) is 11.1. The summed E-state index contributed by atoms with van der Waals surface area (Å²) in [6.07, 6.45) is 4.57. The first kappa shape index (κ1) is 14.2. The number of unbranched alkanes of at least 4 members (excludes halogenated alkanes) is 2. The standard InChI is InChI=1S/C15H23FO/c1-12(2)10-14-8-7-13(11-15(14)16)6-4-3-5-9-17/h7-8,11-12,17H,3-6,9-10H2,1-2H3. The molecule has 0 aliphatic heterocycles. The minimum absolute atomic E-state index is 0.0710. The summed E-state index contributed by atoms with van der Waals surface area (Å²) >= 11 is 0. The van der Waals surface area contributed by atoms with Gasteiger partial charge in [0.05, 0.1) is 0 Å². The Morgan fingerprint density at radius 2 is 1.94 bits per heavy atom. The van der Waals surface area contributed by atoms with Crippen LogP contribution in [0.2, 0.25) is 0 Å². The van der Waals surface area contributed by atoms with Crippen LogP contribution >= 0.6 is 0 Å². The smallest absolute Gasteiger partial charge is 0.126 e. The minimum Gasteiger partial charge on any atom is -0.396 e. The summed E-state index contributed by atoms with van der Waals surface area (Å²) in [7, 11) is 0. The van der Waals surface area contributed by atoms with Crippen molar-refractivity contribution in [3.63, 3.8) is 0 Å². The first-order chi connectivity index (χ1) is 8.13. The number of hydrogen-bond acceptors (Lipinski definition) is 1. The third-order valence-electron chi connectivity index (χ3n) is 2.87. The summed E-state index contributed by atoms with van der Waals surface area (Å²) in [4.78, 5) is 0. The van der Waals surface area contributed by atoms with Gasteiger partial charge in [-0.15, -0.1) is 0 Å². The molecule has 96 valence electrons. The molecule has 17 heavy (non-hydrogen) atoms. The molecule has 0 saturated heterocycles. The van der Waals surface area contributed by atoms with Crippen molar-refractivity contribution in [1.82, 2.24) is 0 Å². The molecule has 0 atom stereocenters. The third-order valence-corrected chi connectivity index (χ3v) is 2.87. The number of aliphatic hydroxyl groups excluding tert-OH is 1. The van der Waals surface area contributed by atoms with Crippen LogP contribution in [0.4, 0.5) is 4.39 Å².